The number of hydrogen-bond acceptors (Lipinski definition) is 2. The summed E-state index contributed by atoms with van der Waals surface area (Å²) >= 11 is 0. The zero-order valence-corrected chi connectivity index (χ0v) is 10.8. The summed E-state index contributed by atoms with van der Waals surface area (Å²) in [4.78, 5) is 0. The zero-order valence-electron chi connectivity index (χ0n) is 10.8. The molecule has 0 saturated heterocycles. The van der Waals surface area contributed by atoms with Gasteiger partial charge in [-0.25, -0.2) is 8.78 Å². The third kappa shape index (κ3) is 2.58. The number of methoxy groups -OCH3 is 1. The third-order valence-electron chi connectivity index (χ3n) is 3.18. The Kier molecular flexibility index (Phi) is 3.53. The Hall–Kier alpha value is -1.94. The molecule has 2 aromatic rings. The molecule has 2 nitrogen and oxygen atoms in total. The van der Waals surface area contributed by atoms with Gasteiger partial charge in [-0.05, 0) is 30.7 Å². The van der Waals surface area contributed by atoms with Crippen LogP contribution in [0.5, 0.6) is 5.75 Å². The number of halogens is 2. The Balaban J connectivity index is 2.46. The van der Waals surface area contributed by atoms with Crippen molar-refractivity contribution < 1.29 is 13.5 Å². The molecule has 100 valence electrons. The molecule has 0 fully saturated rings. The summed E-state index contributed by atoms with van der Waals surface area (Å²) in [7, 11) is 1.47. The topological polar surface area (TPSA) is 35.2 Å². The predicted molar refractivity (Wildman–Crippen MR) is 70.0 cm³/mol. The molecule has 2 N–H and O–H groups in total. The van der Waals surface area contributed by atoms with Crippen LogP contribution in [0.25, 0.3) is 0 Å². The van der Waals surface area contributed by atoms with Gasteiger partial charge in [0.25, 0.3) is 0 Å². The van der Waals surface area contributed by atoms with Crippen molar-refractivity contribution >= 4 is 0 Å². The standard InChI is InChI=1S/C15H15F2NO/c1-15(18,10-3-5-11(16)6-4-10)13-8-7-12(19-2)9-14(13)17/h3-9H,18H2,1-2H3. The second-order valence-corrected chi connectivity index (χ2v) is 4.56. The first-order valence-corrected chi connectivity index (χ1v) is 5.84. The lowest BCUT2D eigenvalue weighted by molar-refractivity contribution is 0.409. The lowest BCUT2D eigenvalue weighted by Crippen LogP contribution is -2.35. The average Bonchev–Trinajstić information content (AvgIpc) is 2.38. The largest absolute Gasteiger partial charge is 0.497 e. The molecule has 0 aliphatic rings. The highest BCUT2D eigenvalue weighted by Gasteiger charge is 2.27. The monoisotopic (exact) mass is 263 g/mol. The van der Waals surface area contributed by atoms with Crippen LogP contribution < -0.4 is 10.5 Å². The first-order chi connectivity index (χ1) is 8.95. The number of benzene rings is 2. The molecular weight excluding hydrogens is 248 g/mol. The highest BCUT2D eigenvalue weighted by atomic mass is 19.1. The fraction of sp³-hybridized carbons (Fsp3) is 0.200. The second-order valence-electron chi connectivity index (χ2n) is 4.56. The number of ether oxygens (including phenoxy) is 1. The summed E-state index contributed by atoms with van der Waals surface area (Å²) in [6.07, 6.45) is 0. The van der Waals surface area contributed by atoms with Gasteiger partial charge in [0.15, 0.2) is 0 Å². The summed E-state index contributed by atoms with van der Waals surface area (Å²) in [5.74, 6) is -0.375. The van der Waals surface area contributed by atoms with E-state index < -0.39 is 11.4 Å². The van der Waals surface area contributed by atoms with Gasteiger partial charge >= 0.3 is 0 Å². The summed E-state index contributed by atoms with van der Waals surface area (Å²) in [5.41, 5.74) is 6.13. The maximum absolute atomic E-state index is 14.1. The minimum absolute atomic E-state index is 0.333. The first-order valence-electron chi connectivity index (χ1n) is 5.84. The Bertz CT molecular complexity index is 579. The van der Waals surface area contributed by atoms with Gasteiger partial charge < -0.3 is 10.5 Å². The van der Waals surface area contributed by atoms with E-state index in [4.69, 9.17) is 10.5 Å². The molecule has 19 heavy (non-hydrogen) atoms. The molecule has 0 saturated carbocycles. The molecule has 0 aliphatic heterocycles. The first kappa shape index (κ1) is 13.5. The maximum atomic E-state index is 14.1. The van der Waals surface area contributed by atoms with Crippen LogP contribution in [0.3, 0.4) is 0 Å². The van der Waals surface area contributed by atoms with Crippen molar-refractivity contribution in [3.63, 3.8) is 0 Å². The molecule has 0 heterocycles. The molecule has 0 aromatic heterocycles. The molecule has 0 bridgehead atoms. The van der Waals surface area contributed by atoms with Crippen LogP contribution in [-0.4, -0.2) is 7.11 Å². The van der Waals surface area contributed by atoms with Gasteiger partial charge in [-0.1, -0.05) is 18.2 Å². The van der Waals surface area contributed by atoms with E-state index in [1.165, 1.54) is 25.3 Å². The molecule has 0 amide bonds. The Labute approximate surface area is 110 Å². The number of rotatable bonds is 3. The summed E-state index contributed by atoms with van der Waals surface area (Å²) in [6, 6.07) is 10.2. The van der Waals surface area contributed by atoms with E-state index in [1.807, 2.05) is 0 Å². The predicted octanol–water partition coefficient (Wildman–Crippen LogP) is 3.20. The van der Waals surface area contributed by atoms with Crippen molar-refractivity contribution in [2.45, 2.75) is 12.5 Å². The Morgan fingerprint density at radius 1 is 1.05 bits per heavy atom. The van der Waals surface area contributed by atoms with Crippen LogP contribution in [0.1, 0.15) is 18.1 Å². The fourth-order valence-electron chi connectivity index (χ4n) is 2.00. The van der Waals surface area contributed by atoms with Crippen LogP contribution in [0, 0.1) is 11.6 Å². The van der Waals surface area contributed by atoms with Crippen LogP contribution in [0.2, 0.25) is 0 Å². The summed E-state index contributed by atoms with van der Waals surface area (Å²) < 4.78 is 31.9. The van der Waals surface area contributed by atoms with Gasteiger partial charge in [-0.2, -0.15) is 0 Å². The third-order valence-corrected chi connectivity index (χ3v) is 3.18. The van der Waals surface area contributed by atoms with Crippen molar-refractivity contribution in [2.24, 2.45) is 5.73 Å². The highest BCUT2D eigenvalue weighted by Crippen LogP contribution is 2.30. The van der Waals surface area contributed by atoms with Gasteiger partial charge in [0, 0.05) is 11.6 Å². The molecule has 1 unspecified atom stereocenters. The lowest BCUT2D eigenvalue weighted by atomic mass is 9.85. The van der Waals surface area contributed by atoms with E-state index in [9.17, 15) is 8.78 Å². The normalized spacial score (nSPS) is 13.9. The molecule has 2 rings (SSSR count). The number of nitrogens with two attached hydrogens (primary N) is 1. The summed E-state index contributed by atoms with van der Waals surface area (Å²) in [6.45, 7) is 1.69. The van der Waals surface area contributed by atoms with Gasteiger partial charge in [0.05, 0.1) is 12.6 Å². The fourth-order valence-corrected chi connectivity index (χ4v) is 2.00. The molecular formula is C15H15F2NO. The van der Waals surface area contributed by atoms with E-state index in [0.717, 1.165) is 0 Å². The SMILES string of the molecule is COc1ccc(C(C)(N)c2ccc(F)cc2)c(F)c1. The van der Waals surface area contributed by atoms with Crippen LogP contribution in [-0.2, 0) is 5.54 Å². The van der Waals surface area contributed by atoms with Crippen molar-refractivity contribution in [2.75, 3.05) is 7.11 Å². The molecule has 0 spiro atoms. The molecule has 0 aliphatic carbocycles. The van der Waals surface area contributed by atoms with Crippen LogP contribution >= 0.6 is 0 Å². The Morgan fingerprint density at radius 3 is 2.21 bits per heavy atom. The molecule has 4 heteroatoms. The van der Waals surface area contributed by atoms with E-state index >= 15 is 0 Å². The van der Waals surface area contributed by atoms with Crippen molar-refractivity contribution in [1.82, 2.24) is 0 Å². The van der Waals surface area contributed by atoms with E-state index in [0.29, 0.717) is 16.9 Å². The highest BCUT2D eigenvalue weighted by molar-refractivity contribution is 5.40. The van der Waals surface area contributed by atoms with Crippen molar-refractivity contribution in [1.29, 1.82) is 0 Å². The summed E-state index contributed by atoms with van der Waals surface area (Å²) in [5, 5.41) is 0. The minimum atomic E-state index is -1.04. The van der Waals surface area contributed by atoms with Crippen molar-refractivity contribution in [3.05, 3.63) is 65.2 Å². The van der Waals surface area contributed by atoms with Gasteiger partial charge in [-0.3, -0.25) is 0 Å². The quantitative estimate of drug-likeness (QED) is 0.923. The molecule has 0 radical (unpaired) electrons. The van der Waals surface area contributed by atoms with Gasteiger partial charge in [0.2, 0.25) is 0 Å². The van der Waals surface area contributed by atoms with Crippen LogP contribution in [0.4, 0.5) is 8.78 Å². The van der Waals surface area contributed by atoms with E-state index in [1.54, 1.807) is 31.2 Å². The second kappa shape index (κ2) is 4.97. The minimum Gasteiger partial charge on any atom is -0.497 e. The van der Waals surface area contributed by atoms with Crippen LogP contribution in [0.15, 0.2) is 42.5 Å². The molecule has 2 aromatic carbocycles. The van der Waals surface area contributed by atoms with E-state index in [2.05, 4.69) is 0 Å². The van der Waals surface area contributed by atoms with Gasteiger partial charge in [0.1, 0.15) is 17.4 Å². The van der Waals surface area contributed by atoms with Crippen molar-refractivity contribution in [3.8, 4) is 5.75 Å². The Morgan fingerprint density at radius 2 is 1.68 bits per heavy atom. The molecule has 1 atom stereocenters. The smallest absolute Gasteiger partial charge is 0.132 e. The van der Waals surface area contributed by atoms with E-state index in [-0.39, 0.29) is 5.82 Å². The maximum Gasteiger partial charge on any atom is 0.132 e. The lowest BCUT2D eigenvalue weighted by Gasteiger charge is -2.26. The average molecular weight is 263 g/mol. The van der Waals surface area contributed by atoms with Gasteiger partial charge in [-0.15, -0.1) is 0 Å². The number of hydrogen-bond donors (Lipinski definition) is 1. The zero-order chi connectivity index (χ0) is 14.0.